The first-order valence-electron chi connectivity index (χ1n) is 7.69. The normalized spacial score (nSPS) is 20.7. The van der Waals surface area contributed by atoms with Crippen LogP contribution in [0.25, 0.3) is 10.9 Å². The van der Waals surface area contributed by atoms with Crippen molar-refractivity contribution in [1.82, 2.24) is 12.7 Å². The van der Waals surface area contributed by atoms with E-state index < -0.39 is 17.3 Å². The third-order valence-corrected chi connectivity index (χ3v) is 5.73. The Morgan fingerprint density at radius 2 is 2.04 bits per heavy atom. The van der Waals surface area contributed by atoms with Crippen LogP contribution in [0.5, 0.6) is 0 Å². The molecule has 0 radical (unpaired) electrons. The molecule has 1 aromatic carbocycles. The molecule has 1 saturated heterocycles. The van der Waals surface area contributed by atoms with E-state index >= 15 is 0 Å². The molecule has 0 saturated carbocycles. The summed E-state index contributed by atoms with van der Waals surface area (Å²) in [5.74, 6) is -0.958. The Kier molecular flexibility index (Phi) is 3.68. The summed E-state index contributed by atoms with van der Waals surface area (Å²) in [6.45, 7) is 4.12. The fourth-order valence-corrected chi connectivity index (χ4v) is 4.11. The van der Waals surface area contributed by atoms with Crippen LogP contribution in [0, 0.1) is 18.6 Å². The van der Waals surface area contributed by atoms with Gasteiger partial charge in [0.2, 0.25) is 0 Å². The first-order valence-corrected chi connectivity index (χ1v) is 8.66. The summed E-state index contributed by atoms with van der Waals surface area (Å²) in [6, 6.07) is 0.0408. The number of halogens is 3. The average Bonchev–Trinajstić information content (AvgIpc) is 2.70. The number of piperazine rings is 1. The van der Waals surface area contributed by atoms with Gasteiger partial charge in [0.25, 0.3) is 0 Å². The van der Waals surface area contributed by atoms with Gasteiger partial charge in [-0.25, -0.2) is 16.4 Å². The van der Waals surface area contributed by atoms with Crippen LogP contribution in [0.3, 0.4) is 0 Å². The van der Waals surface area contributed by atoms with Crippen LogP contribution in [0.15, 0.2) is 4.79 Å². The molecule has 128 valence electrons. The van der Waals surface area contributed by atoms with Crippen LogP contribution in [0.2, 0.25) is 0 Å². The number of aromatic nitrogens is 2. The van der Waals surface area contributed by atoms with E-state index in [1.807, 2.05) is 11.9 Å². The number of anilines is 2. The quantitative estimate of drug-likeness (QED) is 0.624. The average molecular weight is 447 g/mol. The molecule has 2 aliphatic heterocycles. The molecular formula is C15H16F2IN5O. The highest BCUT2D eigenvalue weighted by Gasteiger charge is 2.34. The van der Waals surface area contributed by atoms with Gasteiger partial charge in [-0.3, -0.25) is 0 Å². The largest absolute Gasteiger partial charge is 0.380 e. The molecule has 1 atom stereocenters. The summed E-state index contributed by atoms with van der Waals surface area (Å²) in [5, 5.41) is 3.47. The van der Waals surface area contributed by atoms with E-state index in [1.54, 1.807) is 22.9 Å². The molecular weight excluding hydrogens is 431 g/mol. The van der Waals surface area contributed by atoms with Crippen molar-refractivity contribution >= 4 is 45.3 Å². The minimum atomic E-state index is -0.712. The van der Waals surface area contributed by atoms with E-state index in [1.165, 1.54) is 6.92 Å². The van der Waals surface area contributed by atoms with Gasteiger partial charge in [-0.15, -0.1) is 0 Å². The Morgan fingerprint density at radius 1 is 1.29 bits per heavy atom. The van der Waals surface area contributed by atoms with Crippen molar-refractivity contribution in [2.45, 2.75) is 13.0 Å². The zero-order chi connectivity index (χ0) is 17.2. The first-order chi connectivity index (χ1) is 11.4. The summed E-state index contributed by atoms with van der Waals surface area (Å²) >= 11 is 1.72. The first kappa shape index (κ1) is 16.0. The Labute approximate surface area is 150 Å². The SMILES string of the molecule is Cc1c(F)c2c3c(nc(=O)n(I)c3c1F)N1CCN(C)CC1CN2. The minimum absolute atomic E-state index is 0.0408. The van der Waals surface area contributed by atoms with Gasteiger partial charge in [-0.05, 0) is 14.0 Å². The van der Waals surface area contributed by atoms with E-state index in [9.17, 15) is 13.6 Å². The third kappa shape index (κ3) is 2.13. The second-order valence-electron chi connectivity index (χ2n) is 6.34. The van der Waals surface area contributed by atoms with Crippen LogP contribution in [0.4, 0.5) is 20.3 Å². The lowest BCUT2D eigenvalue weighted by Gasteiger charge is -2.39. The van der Waals surface area contributed by atoms with Crippen LogP contribution < -0.4 is 15.9 Å². The number of likely N-dealkylation sites (N-methyl/N-ethyl adjacent to an activating group) is 1. The van der Waals surface area contributed by atoms with Crippen molar-refractivity contribution in [2.24, 2.45) is 0 Å². The maximum atomic E-state index is 14.8. The highest BCUT2D eigenvalue weighted by molar-refractivity contribution is 14.1. The number of benzene rings is 1. The van der Waals surface area contributed by atoms with Gasteiger partial charge in [0.15, 0.2) is 11.6 Å². The Hall–Kier alpha value is -1.49. The number of rotatable bonds is 0. The van der Waals surface area contributed by atoms with E-state index in [-0.39, 0.29) is 22.8 Å². The summed E-state index contributed by atoms with van der Waals surface area (Å²) in [5.41, 5.74) is -0.321. The molecule has 0 amide bonds. The fourth-order valence-electron chi connectivity index (χ4n) is 3.55. The van der Waals surface area contributed by atoms with Gasteiger partial charge in [0.1, 0.15) is 11.3 Å². The minimum Gasteiger partial charge on any atom is -0.380 e. The Bertz CT molecular complexity index is 915. The van der Waals surface area contributed by atoms with Crippen LogP contribution in [-0.4, -0.2) is 51.9 Å². The van der Waals surface area contributed by atoms with Crippen molar-refractivity contribution in [3.8, 4) is 0 Å². The molecule has 0 bridgehead atoms. The van der Waals surface area contributed by atoms with Crippen molar-refractivity contribution < 1.29 is 8.78 Å². The number of nitrogens with one attached hydrogen (secondary N) is 1. The van der Waals surface area contributed by atoms with E-state index in [0.717, 1.165) is 15.9 Å². The summed E-state index contributed by atoms with van der Waals surface area (Å²) in [7, 11) is 2.02. The molecule has 1 fully saturated rings. The Balaban J connectivity index is 2.11. The number of hydrogen-bond donors (Lipinski definition) is 1. The summed E-state index contributed by atoms with van der Waals surface area (Å²) in [6.07, 6.45) is 0. The van der Waals surface area contributed by atoms with Crippen molar-refractivity contribution in [3.05, 3.63) is 27.7 Å². The van der Waals surface area contributed by atoms with Gasteiger partial charge in [0, 0.05) is 31.7 Å². The van der Waals surface area contributed by atoms with Crippen molar-refractivity contribution in [1.29, 1.82) is 0 Å². The van der Waals surface area contributed by atoms with Crippen LogP contribution in [0.1, 0.15) is 5.56 Å². The van der Waals surface area contributed by atoms with E-state index in [0.29, 0.717) is 24.3 Å². The standard InChI is InChI=1S/C15H16F2IN5O/c1-7-10(16)12-9-13(11(7)17)23(18)15(24)20-14(9)22-4-3-21(2)6-8(22)5-19-12/h8,19H,3-6H2,1-2H3. The van der Waals surface area contributed by atoms with Crippen LogP contribution >= 0.6 is 22.9 Å². The molecule has 1 N–H and O–H groups in total. The highest BCUT2D eigenvalue weighted by Crippen LogP contribution is 2.39. The summed E-state index contributed by atoms with van der Waals surface area (Å²) in [4.78, 5) is 20.6. The number of nitrogens with zero attached hydrogens (tertiary/aromatic N) is 4. The molecule has 24 heavy (non-hydrogen) atoms. The zero-order valence-corrected chi connectivity index (χ0v) is 15.4. The zero-order valence-electron chi connectivity index (χ0n) is 13.2. The van der Waals surface area contributed by atoms with E-state index in [2.05, 4.69) is 15.2 Å². The molecule has 0 spiro atoms. The van der Waals surface area contributed by atoms with Crippen molar-refractivity contribution in [3.63, 3.8) is 0 Å². The molecule has 3 heterocycles. The van der Waals surface area contributed by atoms with Crippen molar-refractivity contribution in [2.75, 3.05) is 43.4 Å². The van der Waals surface area contributed by atoms with Gasteiger partial charge in [0.05, 0.1) is 40.0 Å². The highest BCUT2D eigenvalue weighted by atomic mass is 127. The molecule has 4 rings (SSSR count). The maximum absolute atomic E-state index is 14.8. The van der Waals surface area contributed by atoms with E-state index in [4.69, 9.17) is 0 Å². The smallest absolute Gasteiger partial charge is 0.359 e. The van der Waals surface area contributed by atoms with Crippen LogP contribution in [-0.2, 0) is 0 Å². The monoisotopic (exact) mass is 447 g/mol. The lowest BCUT2D eigenvalue weighted by atomic mass is 10.1. The maximum Gasteiger partial charge on any atom is 0.359 e. The van der Waals surface area contributed by atoms with Gasteiger partial charge < -0.3 is 15.1 Å². The molecule has 9 heteroatoms. The summed E-state index contributed by atoms with van der Waals surface area (Å²) < 4.78 is 30.6. The molecule has 1 aromatic heterocycles. The molecule has 6 nitrogen and oxygen atoms in total. The molecule has 1 unspecified atom stereocenters. The Morgan fingerprint density at radius 3 is 2.79 bits per heavy atom. The van der Waals surface area contributed by atoms with Gasteiger partial charge >= 0.3 is 5.69 Å². The predicted octanol–water partition coefficient (Wildman–Crippen LogP) is 1.73. The predicted molar refractivity (Wildman–Crippen MR) is 97.2 cm³/mol. The number of fused-ring (bicyclic) bond motifs is 2. The van der Waals surface area contributed by atoms with Gasteiger partial charge in [-0.1, -0.05) is 0 Å². The second-order valence-corrected chi connectivity index (χ2v) is 7.31. The second kappa shape index (κ2) is 5.51. The molecule has 2 aliphatic rings. The molecule has 0 aliphatic carbocycles. The third-order valence-electron chi connectivity index (χ3n) is 4.83. The lowest BCUT2D eigenvalue weighted by Crippen LogP contribution is -2.54. The lowest BCUT2D eigenvalue weighted by molar-refractivity contribution is 0.272. The molecule has 2 aromatic rings. The fraction of sp³-hybridized carbons (Fsp3) is 0.467. The van der Waals surface area contributed by atoms with Gasteiger partial charge in [-0.2, -0.15) is 4.98 Å². The number of hydrogen-bond acceptors (Lipinski definition) is 5. The topological polar surface area (TPSA) is 53.4 Å².